The van der Waals surface area contributed by atoms with Crippen molar-refractivity contribution in [1.82, 2.24) is 5.32 Å². The van der Waals surface area contributed by atoms with Crippen LogP contribution >= 0.6 is 23.2 Å². The van der Waals surface area contributed by atoms with E-state index in [1.54, 1.807) is 18.2 Å². The minimum Gasteiger partial charge on any atom is -0.492 e. The van der Waals surface area contributed by atoms with E-state index in [4.69, 9.17) is 27.9 Å². The lowest BCUT2D eigenvalue weighted by Crippen LogP contribution is -2.33. The average molecular weight is 423 g/mol. The zero-order chi connectivity index (χ0) is 20.7. The smallest absolute Gasteiger partial charge is 0.243 e. The van der Waals surface area contributed by atoms with Crippen LogP contribution in [0.2, 0.25) is 10.0 Å². The van der Waals surface area contributed by atoms with Crippen LogP contribution in [0.15, 0.2) is 30.3 Å². The van der Waals surface area contributed by atoms with Crippen LogP contribution in [0.5, 0.6) is 5.75 Å². The number of carbonyl (C=O) groups excluding carboxylic acids is 2. The molecular weight excluding hydrogens is 399 g/mol. The summed E-state index contributed by atoms with van der Waals surface area (Å²) in [6.07, 6.45) is 0.754. The molecule has 2 aromatic carbocycles. The fraction of sp³-hybridized carbons (Fsp3) is 0.333. The molecule has 0 atom stereocenters. The summed E-state index contributed by atoms with van der Waals surface area (Å²) >= 11 is 11.8. The fourth-order valence-electron chi connectivity index (χ4n) is 2.84. The molecule has 2 aromatic rings. The Bertz CT molecular complexity index is 846. The second-order valence-corrected chi connectivity index (χ2v) is 7.47. The van der Waals surface area contributed by atoms with Crippen molar-refractivity contribution in [3.05, 3.63) is 57.1 Å². The Kier molecular flexibility index (Phi) is 8.15. The second-order valence-electron chi connectivity index (χ2n) is 6.63. The number of hydrogen-bond acceptors (Lipinski definition) is 3. The maximum Gasteiger partial charge on any atom is 0.243 e. The molecule has 2 N–H and O–H groups in total. The quantitative estimate of drug-likeness (QED) is 0.598. The summed E-state index contributed by atoms with van der Waals surface area (Å²) < 4.78 is 5.53. The van der Waals surface area contributed by atoms with Gasteiger partial charge in [0.25, 0.3) is 0 Å². The van der Waals surface area contributed by atoms with Crippen LogP contribution in [0.4, 0.5) is 5.69 Å². The van der Waals surface area contributed by atoms with Crippen molar-refractivity contribution in [2.45, 2.75) is 33.6 Å². The normalized spacial score (nSPS) is 10.5. The highest BCUT2D eigenvalue weighted by Crippen LogP contribution is 2.27. The number of benzene rings is 2. The Morgan fingerprint density at radius 2 is 1.68 bits per heavy atom. The Labute approximate surface area is 175 Å². The van der Waals surface area contributed by atoms with E-state index in [1.807, 2.05) is 32.9 Å². The molecule has 0 unspecified atom stereocenters. The molecule has 0 aromatic heterocycles. The van der Waals surface area contributed by atoms with Crippen molar-refractivity contribution >= 4 is 40.7 Å². The predicted octanol–water partition coefficient (Wildman–Crippen LogP) is 4.83. The maximum atomic E-state index is 12.1. The largest absolute Gasteiger partial charge is 0.492 e. The monoisotopic (exact) mass is 422 g/mol. The topological polar surface area (TPSA) is 67.4 Å². The summed E-state index contributed by atoms with van der Waals surface area (Å²) in [5, 5.41) is 6.44. The van der Waals surface area contributed by atoms with Gasteiger partial charge in [-0.25, -0.2) is 0 Å². The van der Waals surface area contributed by atoms with Gasteiger partial charge >= 0.3 is 0 Å². The van der Waals surface area contributed by atoms with Crippen LogP contribution in [0, 0.1) is 20.8 Å². The van der Waals surface area contributed by atoms with Crippen LogP contribution in [-0.4, -0.2) is 25.0 Å². The van der Waals surface area contributed by atoms with Gasteiger partial charge < -0.3 is 15.4 Å². The molecule has 2 rings (SSSR count). The Morgan fingerprint density at radius 1 is 1.00 bits per heavy atom. The third kappa shape index (κ3) is 6.73. The first-order valence-corrected chi connectivity index (χ1v) is 9.74. The molecule has 0 saturated carbocycles. The first-order valence-electron chi connectivity index (χ1n) is 8.98. The van der Waals surface area contributed by atoms with E-state index in [2.05, 4.69) is 10.6 Å². The summed E-state index contributed by atoms with van der Waals surface area (Å²) in [6.45, 7) is 6.16. The summed E-state index contributed by atoms with van der Waals surface area (Å²) in [4.78, 5) is 24.0. The molecular formula is C21H24Cl2N2O3. The number of nitrogens with one attached hydrogen (secondary N) is 2. The van der Waals surface area contributed by atoms with Gasteiger partial charge in [-0.1, -0.05) is 40.9 Å². The molecule has 0 heterocycles. The van der Waals surface area contributed by atoms with Crippen molar-refractivity contribution < 1.29 is 14.3 Å². The molecule has 0 aliphatic heterocycles. The lowest BCUT2D eigenvalue weighted by Gasteiger charge is -2.13. The number of rotatable bonds is 8. The molecule has 0 radical (unpaired) electrons. The molecule has 5 nitrogen and oxygen atoms in total. The number of aryl methyl sites for hydroxylation is 3. The number of ether oxygens (including phenoxy) is 1. The number of anilines is 1. The van der Waals surface area contributed by atoms with Crippen LogP contribution < -0.4 is 15.4 Å². The Balaban J connectivity index is 1.70. The van der Waals surface area contributed by atoms with Crippen LogP contribution in [-0.2, 0) is 9.59 Å². The lowest BCUT2D eigenvalue weighted by molar-refractivity contribution is -0.124. The molecule has 0 fully saturated rings. The van der Waals surface area contributed by atoms with Gasteiger partial charge in [0, 0.05) is 17.1 Å². The summed E-state index contributed by atoms with van der Waals surface area (Å²) in [5.74, 6) is 0.0561. The fourth-order valence-corrected chi connectivity index (χ4v) is 3.30. The van der Waals surface area contributed by atoms with Crippen molar-refractivity contribution in [3.63, 3.8) is 0 Å². The molecule has 0 bridgehead atoms. The van der Waals surface area contributed by atoms with Gasteiger partial charge in [-0.15, -0.1) is 0 Å². The maximum absolute atomic E-state index is 12.1. The Hall–Kier alpha value is -2.24. The third-order valence-electron chi connectivity index (χ3n) is 4.09. The van der Waals surface area contributed by atoms with Gasteiger partial charge in [0.05, 0.1) is 18.2 Å². The van der Waals surface area contributed by atoms with Crippen LogP contribution in [0.1, 0.15) is 29.5 Å². The molecule has 0 saturated heterocycles. The summed E-state index contributed by atoms with van der Waals surface area (Å²) in [5.41, 5.74) is 3.92. The molecule has 0 aliphatic rings. The van der Waals surface area contributed by atoms with E-state index in [9.17, 15) is 9.59 Å². The van der Waals surface area contributed by atoms with Gasteiger partial charge in [0.1, 0.15) is 5.75 Å². The van der Waals surface area contributed by atoms with E-state index in [-0.39, 0.29) is 24.8 Å². The minimum absolute atomic E-state index is 0.0739. The van der Waals surface area contributed by atoms with E-state index in [0.717, 1.165) is 22.4 Å². The van der Waals surface area contributed by atoms with Crippen molar-refractivity contribution in [2.75, 3.05) is 18.5 Å². The summed E-state index contributed by atoms with van der Waals surface area (Å²) in [7, 11) is 0. The number of hydrogen-bond donors (Lipinski definition) is 2. The SMILES string of the molecule is Cc1cc(C)c(NC(=O)CNC(=O)CCCOc2ccc(Cl)cc2Cl)c(C)c1. The number of amides is 2. The van der Waals surface area contributed by atoms with E-state index in [0.29, 0.717) is 28.8 Å². The molecule has 7 heteroatoms. The number of carbonyl (C=O) groups is 2. The molecule has 2 amide bonds. The third-order valence-corrected chi connectivity index (χ3v) is 4.62. The standard InChI is InChI=1S/C21H24Cl2N2O3/c1-13-9-14(2)21(15(3)10-13)25-20(27)12-24-19(26)5-4-8-28-18-7-6-16(22)11-17(18)23/h6-7,9-11H,4-5,8,12H2,1-3H3,(H,24,26)(H,25,27). The highest BCUT2D eigenvalue weighted by Gasteiger charge is 2.10. The van der Waals surface area contributed by atoms with Gasteiger partial charge in [-0.3, -0.25) is 9.59 Å². The first kappa shape index (κ1) is 22.1. The van der Waals surface area contributed by atoms with Gasteiger partial charge in [0.15, 0.2) is 0 Å². The van der Waals surface area contributed by atoms with E-state index in [1.165, 1.54) is 0 Å². The van der Waals surface area contributed by atoms with Gasteiger partial charge in [-0.2, -0.15) is 0 Å². The molecule has 0 aliphatic carbocycles. The lowest BCUT2D eigenvalue weighted by atomic mass is 10.1. The molecule has 28 heavy (non-hydrogen) atoms. The molecule has 150 valence electrons. The minimum atomic E-state index is -0.257. The van der Waals surface area contributed by atoms with Crippen LogP contribution in [0.3, 0.4) is 0 Å². The van der Waals surface area contributed by atoms with Crippen molar-refractivity contribution in [2.24, 2.45) is 0 Å². The highest BCUT2D eigenvalue weighted by molar-refractivity contribution is 6.35. The van der Waals surface area contributed by atoms with Crippen LogP contribution in [0.25, 0.3) is 0 Å². The number of halogens is 2. The first-order chi connectivity index (χ1) is 13.3. The average Bonchev–Trinajstić information content (AvgIpc) is 2.61. The summed E-state index contributed by atoms with van der Waals surface area (Å²) in [6, 6.07) is 8.99. The van der Waals surface area contributed by atoms with Crippen molar-refractivity contribution in [3.8, 4) is 5.75 Å². The zero-order valence-corrected chi connectivity index (χ0v) is 17.7. The van der Waals surface area contributed by atoms with Gasteiger partial charge in [-0.05, 0) is 56.5 Å². The van der Waals surface area contributed by atoms with Gasteiger partial charge in [0.2, 0.25) is 11.8 Å². The van der Waals surface area contributed by atoms with E-state index < -0.39 is 0 Å². The van der Waals surface area contributed by atoms with Crippen molar-refractivity contribution in [1.29, 1.82) is 0 Å². The van der Waals surface area contributed by atoms with E-state index >= 15 is 0 Å². The molecule has 0 spiro atoms. The Morgan fingerprint density at radius 3 is 2.32 bits per heavy atom. The highest BCUT2D eigenvalue weighted by atomic mass is 35.5. The second kappa shape index (κ2) is 10.3. The zero-order valence-electron chi connectivity index (χ0n) is 16.2. The predicted molar refractivity (Wildman–Crippen MR) is 113 cm³/mol.